The van der Waals surface area contributed by atoms with Gasteiger partial charge in [-0.05, 0) is 31.6 Å². The van der Waals surface area contributed by atoms with Crippen molar-refractivity contribution in [2.24, 2.45) is 17.6 Å². The van der Waals surface area contributed by atoms with Gasteiger partial charge in [-0.3, -0.25) is 0 Å². The Labute approximate surface area is 113 Å². The van der Waals surface area contributed by atoms with Crippen LogP contribution in [0.5, 0.6) is 0 Å². The number of carbonyl (C=O) groups is 1. The summed E-state index contributed by atoms with van der Waals surface area (Å²) < 4.78 is 31.9. The molecule has 1 aliphatic carbocycles. The largest absolute Gasteiger partial charge is 0.449 e. The van der Waals surface area contributed by atoms with E-state index in [9.17, 15) is 13.2 Å². The third kappa shape index (κ3) is 3.18. The Kier molecular flexibility index (Phi) is 4.32. The molecule has 7 nitrogen and oxygen atoms in total. The zero-order valence-corrected chi connectivity index (χ0v) is 11.9. The first kappa shape index (κ1) is 14.5. The average molecular weight is 291 g/mol. The van der Waals surface area contributed by atoms with Crippen LogP contribution in [-0.4, -0.2) is 44.6 Å². The highest BCUT2D eigenvalue weighted by atomic mass is 32.2. The highest BCUT2D eigenvalue weighted by Crippen LogP contribution is 2.36. The number of nitrogens with zero attached hydrogens (tertiary/aromatic N) is 1. The maximum Gasteiger partial charge on any atom is 0.421 e. The molecule has 2 aliphatic rings. The Morgan fingerprint density at radius 3 is 2.79 bits per heavy atom. The Bertz CT molecular complexity index is 439. The quantitative estimate of drug-likeness (QED) is 0.764. The lowest BCUT2D eigenvalue weighted by atomic mass is 9.78. The number of carbonyl (C=O) groups excluding carboxylic acids is 1. The lowest BCUT2D eigenvalue weighted by Crippen LogP contribution is -2.43. The molecule has 8 heteroatoms. The number of nitrogens with two attached hydrogens (primary N) is 1. The molecule has 3 N–H and O–H groups in total. The lowest BCUT2D eigenvalue weighted by molar-refractivity contribution is 0.158. The van der Waals surface area contributed by atoms with Crippen molar-refractivity contribution in [3.8, 4) is 0 Å². The van der Waals surface area contributed by atoms with Gasteiger partial charge in [0.2, 0.25) is 0 Å². The Hall–Kier alpha value is -0.860. The summed E-state index contributed by atoms with van der Waals surface area (Å²) in [5, 5.41) is 0. The van der Waals surface area contributed by atoms with Gasteiger partial charge in [-0.25, -0.2) is 9.52 Å². The molecule has 3 unspecified atom stereocenters. The molecule has 1 saturated carbocycles. The molecule has 3 atom stereocenters. The number of nitrogens with one attached hydrogen (secondary N) is 1. The zero-order valence-electron chi connectivity index (χ0n) is 11.0. The number of amides is 1. The van der Waals surface area contributed by atoms with Crippen molar-refractivity contribution in [3.63, 3.8) is 0 Å². The van der Waals surface area contributed by atoms with Crippen molar-refractivity contribution < 1.29 is 17.9 Å². The SMILES string of the molecule is CCOC(=O)NS(=O)(=O)N1CC2CCCC(N)C2C1. The topological polar surface area (TPSA) is 102 Å². The Morgan fingerprint density at radius 2 is 2.16 bits per heavy atom. The summed E-state index contributed by atoms with van der Waals surface area (Å²) in [6.07, 6.45) is 2.06. The van der Waals surface area contributed by atoms with Gasteiger partial charge < -0.3 is 10.5 Å². The zero-order chi connectivity index (χ0) is 14.0. The average Bonchev–Trinajstić information content (AvgIpc) is 2.74. The van der Waals surface area contributed by atoms with Gasteiger partial charge in [0.05, 0.1) is 6.61 Å². The van der Waals surface area contributed by atoms with Gasteiger partial charge in [-0.1, -0.05) is 6.42 Å². The number of fused-ring (bicyclic) bond motifs is 1. The second-order valence-electron chi connectivity index (χ2n) is 5.16. The highest BCUT2D eigenvalue weighted by Gasteiger charge is 2.43. The van der Waals surface area contributed by atoms with Crippen LogP contribution in [0.3, 0.4) is 0 Å². The predicted octanol–water partition coefficient (Wildman–Crippen LogP) is 0.0365. The van der Waals surface area contributed by atoms with E-state index >= 15 is 0 Å². The van der Waals surface area contributed by atoms with Crippen molar-refractivity contribution in [3.05, 3.63) is 0 Å². The Morgan fingerprint density at radius 1 is 1.42 bits per heavy atom. The van der Waals surface area contributed by atoms with Crippen LogP contribution in [-0.2, 0) is 14.9 Å². The van der Waals surface area contributed by atoms with Crippen molar-refractivity contribution in [1.82, 2.24) is 9.03 Å². The van der Waals surface area contributed by atoms with E-state index in [1.807, 2.05) is 4.72 Å². The van der Waals surface area contributed by atoms with E-state index in [4.69, 9.17) is 5.73 Å². The minimum absolute atomic E-state index is 0.0570. The molecular weight excluding hydrogens is 270 g/mol. The molecule has 19 heavy (non-hydrogen) atoms. The van der Waals surface area contributed by atoms with Crippen LogP contribution in [0.2, 0.25) is 0 Å². The van der Waals surface area contributed by atoms with Crippen molar-refractivity contribution in [2.45, 2.75) is 32.2 Å². The molecule has 0 aromatic rings. The minimum Gasteiger partial charge on any atom is -0.449 e. The second kappa shape index (κ2) is 5.64. The van der Waals surface area contributed by atoms with Crippen LogP contribution in [0.1, 0.15) is 26.2 Å². The van der Waals surface area contributed by atoms with E-state index < -0.39 is 16.3 Å². The number of hydrogen-bond donors (Lipinski definition) is 2. The fraction of sp³-hybridized carbons (Fsp3) is 0.909. The summed E-state index contributed by atoms with van der Waals surface area (Å²) in [6.45, 7) is 2.58. The molecule has 0 aromatic carbocycles. The van der Waals surface area contributed by atoms with Gasteiger partial charge in [0.15, 0.2) is 0 Å². The molecule has 0 aromatic heterocycles. The molecule has 2 rings (SSSR count). The van der Waals surface area contributed by atoms with E-state index in [0.29, 0.717) is 19.0 Å². The third-order valence-corrected chi connectivity index (χ3v) is 5.35. The van der Waals surface area contributed by atoms with E-state index in [-0.39, 0.29) is 18.6 Å². The van der Waals surface area contributed by atoms with Crippen LogP contribution >= 0.6 is 0 Å². The summed E-state index contributed by atoms with van der Waals surface area (Å²) >= 11 is 0. The van der Waals surface area contributed by atoms with Crippen LogP contribution in [0.15, 0.2) is 0 Å². The van der Waals surface area contributed by atoms with Gasteiger partial charge >= 0.3 is 16.3 Å². The van der Waals surface area contributed by atoms with Crippen LogP contribution < -0.4 is 10.5 Å². The van der Waals surface area contributed by atoms with Gasteiger partial charge in [-0.2, -0.15) is 12.7 Å². The summed E-state index contributed by atoms with van der Waals surface area (Å²) in [7, 11) is -3.81. The van der Waals surface area contributed by atoms with Gasteiger partial charge in [0, 0.05) is 19.1 Å². The molecule has 0 radical (unpaired) electrons. The van der Waals surface area contributed by atoms with Gasteiger partial charge in [0.25, 0.3) is 0 Å². The maximum atomic E-state index is 12.0. The van der Waals surface area contributed by atoms with Crippen LogP contribution in [0.25, 0.3) is 0 Å². The molecule has 110 valence electrons. The van der Waals surface area contributed by atoms with Gasteiger partial charge in [0.1, 0.15) is 0 Å². The molecule has 0 spiro atoms. The minimum atomic E-state index is -3.81. The van der Waals surface area contributed by atoms with Gasteiger partial charge in [-0.15, -0.1) is 0 Å². The lowest BCUT2D eigenvalue weighted by Gasteiger charge is -2.29. The van der Waals surface area contributed by atoms with E-state index in [1.165, 1.54) is 4.31 Å². The predicted molar refractivity (Wildman–Crippen MR) is 69.5 cm³/mol. The second-order valence-corrected chi connectivity index (χ2v) is 6.83. The maximum absolute atomic E-state index is 12.0. The van der Waals surface area contributed by atoms with E-state index in [1.54, 1.807) is 6.92 Å². The standard InChI is InChI=1S/C11H21N3O4S/c1-2-18-11(15)13-19(16,17)14-6-8-4-3-5-10(12)9(8)7-14/h8-10H,2-7,12H2,1H3,(H,13,15). The first-order valence-corrected chi connectivity index (χ1v) is 8.08. The molecule has 1 saturated heterocycles. The molecule has 2 fully saturated rings. The molecule has 1 heterocycles. The number of hydrogen-bond acceptors (Lipinski definition) is 5. The van der Waals surface area contributed by atoms with Crippen LogP contribution in [0, 0.1) is 11.8 Å². The third-order valence-electron chi connectivity index (χ3n) is 3.95. The number of ether oxygens (including phenoxy) is 1. The molecule has 1 aliphatic heterocycles. The summed E-state index contributed by atoms with van der Waals surface area (Å²) in [4.78, 5) is 11.2. The number of rotatable bonds is 3. The molecule has 1 amide bonds. The smallest absolute Gasteiger partial charge is 0.421 e. The highest BCUT2D eigenvalue weighted by molar-refractivity contribution is 7.87. The first-order valence-electron chi connectivity index (χ1n) is 6.64. The summed E-state index contributed by atoms with van der Waals surface area (Å²) in [6, 6.07) is 0.0570. The fourth-order valence-electron chi connectivity index (χ4n) is 3.00. The van der Waals surface area contributed by atoms with E-state index in [0.717, 1.165) is 19.3 Å². The van der Waals surface area contributed by atoms with Crippen molar-refractivity contribution in [2.75, 3.05) is 19.7 Å². The molecule has 0 bridgehead atoms. The van der Waals surface area contributed by atoms with E-state index in [2.05, 4.69) is 4.74 Å². The summed E-state index contributed by atoms with van der Waals surface area (Å²) in [5.41, 5.74) is 6.04. The monoisotopic (exact) mass is 291 g/mol. The van der Waals surface area contributed by atoms with Crippen LogP contribution in [0.4, 0.5) is 4.79 Å². The molecular formula is C11H21N3O4S. The van der Waals surface area contributed by atoms with Crippen molar-refractivity contribution >= 4 is 16.3 Å². The normalized spacial score (nSPS) is 31.8. The summed E-state index contributed by atoms with van der Waals surface area (Å²) in [5.74, 6) is 0.509. The van der Waals surface area contributed by atoms with Crippen molar-refractivity contribution in [1.29, 1.82) is 0 Å². The fourth-order valence-corrected chi connectivity index (χ4v) is 4.16. The Balaban J connectivity index is 2.01. The first-order chi connectivity index (χ1) is 8.94.